The minimum atomic E-state index is -0.0564. The predicted molar refractivity (Wildman–Crippen MR) is 89.4 cm³/mol. The third kappa shape index (κ3) is 4.61. The van der Waals surface area contributed by atoms with E-state index >= 15 is 0 Å². The molecule has 0 radical (unpaired) electrons. The number of amides is 1. The van der Waals surface area contributed by atoms with E-state index in [1.165, 1.54) is 5.56 Å². The molecular weight excluding hydrogens is 350 g/mol. The summed E-state index contributed by atoms with van der Waals surface area (Å²) in [5.74, 6) is 1.22. The maximum atomic E-state index is 12.1. The van der Waals surface area contributed by atoms with E-state index in [-0.39, 0.29) is 11.9 Å². The molecule has 1 unspecified atom stereocenters. The first kappa shape index (κ1) is 16.1. The maximum Gasteiger partial charge on any atom is 0.230 e. The number of imidazole rings is 1. The standard InChI is InChI=1S/C15H18BrN3OS/c1-3-12(15-17-6-7-18-15)19-14(20)9-21-13-5-4-11(16)8-10(13)2/h4-8,12H,3,9H2,1-2H3,(H,17,18)(H,19,20). The molecule has 0 saturated heterocycles. The number of carbonyl (C=O) groups excluding carboxylic acids is 1. The Morgan fingerprint density at radius 3 is 2.95 bits per heavy atom. The second kappa shape index (κ2) is 7.66. The van der Waals surface area contributed by atoms with Crippen LogP contribution in [0, 0.1) is 6.92 Å². The molecular formula is C15H18BrN3OS. The van der Waals surface area contributed by atoms with Gasteiger partial charge in [0.05, 0.1) is 11.8 Å². The van der Waals surface area contributed by atoms with Gasteiger partial charge in [-0.2, -0.15) is 0 Å². The molecule has 1 heterocycles. The Morgan fingerprint density at radius 1 is 1.52 bits per heavy atom. The molecule has 1 amide bonds. The van der Waals surface area contributed by atoms with Crippen LogP contribution in [-0.4, -0.2) is 21.6 Å². The predicted octanol–water partition coefficient (Wildman–Crippen LogP) is 3.84. The highest BCUT2D eigenvalue weighted by Crippen LogP contribution is 2.25. The van der Waals surface area contributed by atoms with E-state index in [4.69, 9.17) is 0 Å². The number of nitrogens with one attached hydrogen (secondary N) is 2. The van der Waals surface area contributed by atoms with Gasteiger partial charge in [-0.3, -0.25) is 4.79 Å². The van der Waals surface area contributed by atoms with Gasteiger partial charge < -0.3 is 10.3 Å². The fourth-order valence-corrected chi connectivity index (χ4v) is 3.28. The lowest BCUT2D eigenvalue weighted by Gasteiger charge is -2.14. The number of aryl methyl sites for hydroxylation is 1. The molecule has 0 aliphatic rings. The van der Waals surface area contributed by atoms with Crippen molar-refractivity contribution in [2.24, 2.45) is 0 Å². The zero-order valence-electron chi connectivity index (χ0n) is 12.0. The van der Waals surface area contributed by atoms with Gasteiger partial charge >= 0.3 is 0 Å². The largest absolute Gasteiger partial charge is 0.347 e. The smallest absolute Gasteiger partial charge is 0.230 e. The Kier molecular flexibility index (Phi) is 5.87. The van der Waals surface area contributed by atoms with Crippen LogP contribution in [0.3, 0.4) is 0 Å². The zero-order chi connectivity index (χ0) is 15.2. The van der Waals surface area contributed by atoms with E-state index in [9.17, 15) is 4.79 Å². The number of thioether (sulfide) groups is 1. The molecule has 112 valence electrons. The van der Waals surface area contributed by atoms with Crippen molar-refractivity contribution in [3.63, 3.8) is 0 Å². The number of nitrogens with zero attached hydrogens (tertiary/aromatic N) is 1. The third-order valence-electron chi connectivity index (χ3n) is 3.09. The van der Waals surface area contributed by atoms with Gasteiger partial charge in [0.2, 0.25) is 5.91 Å². The SMILES string of the molecule is CCC(NC(=O)CSc1ccc(Br)cc1C)c1ncc[nH]1. The summed E-state index contributed by atoms with van der Waals surface area (Å²) in [5.41, 5.74) is 1.17. The van der Waals surface area contributed by atoms with E-state index in [0.717, 1.165) is 21.6 Å². The topological polar surface area (TPSA) is 57.8 Å². The number of H-pyrrole nitrogens is 1. The van der Waals surface area contributed by atoms with Crippen LogP contribution >= 0.6 is 27.7 Å². The molecule has 0 bridgehead atoms. The average molecular weight is 368 g/mol. The summed E-state index contributed by atoms with van der Waals surface area (Å²) in [6, 6.07) is 6.02. The first-order valence-electron chi connectivity index (χ1n) is 6.77. The van der Waals surface area contributed by atoms with Crippen molar-refractivity contribution in [1.82, 2.24) is 15.3 Å². The first-order chi connectivity index (χ1) is 10.1. The summed E-state index contributed by atoms with van der Waals surface area (Å²) < 4.78 is 1.05. The van der Waals surface area contributed by atoms with Gasteiger partial charge in [0.15, 0.2) is 0 Å². The number of carbonyl (C=O) groups is 1. The van der Waals surface area contributed by atoms with Gasteiger partial charge in [-0.05, 0) is 37.1 Å². The highest BCUT2D eigenvalue weighted by molar-refractivity contribution is 9.10. The van der Waals surface area contributed by atoms with Crippen LogP contribution in [0.4, 0.5) is 0 Å². The first-order valence-corrected chi connectivity index (χ1v) is 8.55. The number of benzene rings is 1. The highest BCUT2D eigenvalue weighted by Gasteiger charge is 2.15. The molecule has 0 aliphatic carbocycles. The van der Waals surface area contributed by atoms with E-state index in [2.05, 4.69) is 37.3 Å². The van der Waals surface area contributed by atoms with Crippen molar-refractivity contribution in [3.05, 3.63) is 46.5 Å². The van der Waals surface area contributed by atoms with E-state index in [1.807, 2.05) is 26.0 Å². The van der Waals surface area contributed by atoms with Crippen LogP contribution < -0.4 is 5.32 Å². The van der Waals surface area contributed by atoms with Gasteiger partial charge in [-0.1, -0.05) is 22.9 Å². The lowest BCUT2D eigenvalue weighted by Crippen LogP contribution is -2.30. The van der Waals surface area contributed by atoms with Crippen LogP contribution in [0.2, 0.25) is 0 Å². The number of hydrogen-bond acceptors (Lipinski definition) is 3. The average Bonchev–Trinajstić information content (AvgIpc) is 2.98. The summed E-state index contributed by atoms with van der Waals surface area (Å²) in [6.45, 7) is 4.07. The molecule has 2 N–H and O–H groups in total. The van der Waals surface area contributed by atoms with Crippen LogP contribution in [0.25, 0.3) is 0 Å². The Hall–Kier alpha value is -1.27. The molecule has 1 atom stereocenters. The summed E-state index contributed by atoms with van der Waals surface area (Å²) in [6.07, 6.45) is 4.27. The van der Waals surface area contributed by atoms with Gasteiger partial charge in [-0.25, -0.2) is 4.98 Å². The monoisotopic (exact) mass is 367 g/mol. The highest BCUT2D eigenvalue weighted by atomic mass is 79.9. The summed E-state index contributed by atoms with van der Waals surface area (Å²) in [7, 11) is 0. The maximum absolute atomic E-state index is 12.1. The van der Waals surface area contributed by atoms with Crippen LogP contribution in [0.1, 0.15) is 30.8 Å². The molecule has 1 aromatic carbocycles. The molecule has 0 spiro atoms. The van der Waals surface area contributed by atoms with Crippen molar-refractivity contribution in [3.8, 4) is 0 Å². The lowest BCUT2D eigenvalue weighted by molar-refractivity contribution is -0.119. The molecule has 0 saturated carbocycles. The Morgan fingerprint density at radius 2 is 2.33 bits per heavy atom. The van der Waals surface area contributed by atoms with Crippen molar-refractivity contribution in [1.29, 1.82) is 0 Å². The fraction of sp³-hybridized carbons (Fsp3) is 0.333. The Balaban J connectivity index is 1.89. The van der Waals surface area contributed by atoms with Crippen molar-refractivity contribution in [2.75, 3.05) is 5.75 Å². The molecule has 2 rings (SSSR count). The number of hydrogen-bond donors (Lipinski definition) is 2. The molecule has 21 heavy (non-hydrogen) atoms. The normalized spacial score (nSPS) is 12.1. The van der Waals surface area contributed by atoms with Gasteiger partial charge in [0, 0.05) is 21.8 Å². The fourth-order valence-electron chi connectivity index (χ4n) is 1.99. The number of aromatic amines is 1. The molecule has 1 aromatic heterocycles. The van der Waals surface area contributed by atoms with Crippen LogP contribution in [0.5, 0.6) is 0 Å². The Bertz CT molecular complexity index is 601. The van der Waals surface area contributed by atoms with Gasteiger partial charge in [0.25, 0.3) is 0 Å². The second-order valence-corrected chi connectivity index (χ2v) is 6.63. The van der Waals surface area contributed by atoms with E-state index in [1.54, 1.807) is 24.2 Å². The molecule has 0 fully saturated rings. The van der Waals surface area contributed by atoms with Crippen molar-refractivity contribution in [2.45, 2.75) is 31.2 Å². The van der Waals surface area contributed by atoms with Crippen molar-refractivity contribution >= 4 is 33.6 Å². The van der Waals surface area contributed by atoms with Crippen molar-refractivity contribution < 1.29 is 4.79 Å². The Labute approximate surface area is 137 Å². The quantitative estimate of drug-likeness (QED) is 0.762. The number of rotatable bonds is 6. The summed E-state index contributed by atoms with van der Waals surface area (Å²) in [4.78, 5) is 20.4. The minimum Gasteiger partial charge on any atom is -0.347 e. The minimum absolute atomic E-state index is 0.0190. The zero-order valence-corrected chi connectivity index (χ0v) is 14.4. The second-order valence-electron chi connectivity index (χ2n) is 4.70. The van der Waals surface area contributed by atoms with E-state index in [0.29, 0.717) is 5.75 Å². The molecule has 4 nitrogen and oxygen atoms in total. The molecule has 0 aliphatic heterocycles. The molecule has 2 aromatic rings. The molecule has 6 heteroatoms. The van der Waals surface area contributed by atoms with E-state index < -0.39 is 0 Å². The van der Waals surface area contributed by atoms with Gasteiger partial charge in [-0.15, -0.1) is 11.8 Å². The van der Waals surface area contributed by atoms with Gasteiger partial charge in [0.1, 0.15) is 5.82 Å². The summed E-state index contributed by atoms with van der Waals surface area (Å²) in [5, 5.41) is 3.01. The number of aromatic nitrogens is 2. The lowest BCUT2D eigenvalue weighted by atomic mass is 10.2. The van der Waals surface area contributed by atoms with Crippen LogP contribution in [0.15, 0.2) is 40.0 Å². The summed E-state index contributed by atoms with van der Waals surface area (Å²) >= 11 is 4.99. The van der Waals surface area contributed by atoms with Crippen LogP contribution in [-0.2, 0) is 4.79 Å². The number of halogens is 1. The third-order valence-corrected chi connectivity index (χ3v) is 4.76.